The molecule has 0 heterocycles. The Morgan fingerprint density at radius 1 is 1.50 bits per heavy atom. The van der Waals surface area contributed by atoms with Crippen molar-refractivity contribution >= 4 is 35.1 Å². The van der Waals surface area contributed by atoms with E-state index in [9.17, 15) is 0 Å². The van der Waals surface area contributed by atoms with Gasteiger partial charge in [0.25, 0.3) is 0 Å². The van der Waals surface area contributed by atoms with E-state index in [1.807, 2.05) is 0 Å². The maximum Gasteiger partial charge on any atom is 0.210 e. The highest BCUT2D eigenvalue weighted by Crippen LogP contribution is 2.55. The van der Waals surface area contributed by atoms with Gasteiger partial charge >= 0.3 is 0 Å². The van der Waals surface area contributed by atoms with Crippen LogP contribution in [-0.4, -0.2) is 25.7 Å². The van der Waals surface area contributed by atoms with E-state index in [0.717, 1.165) is 25.1 Å². The summed E-state index contributed by atoms with van der Waals surface area (Å²) < 4.78 is 5.31. The Labute approximate surface area is 96.0 Å². The molecule has 84 valence electrons. The molecule has 0 aromatic rings. The number of aliphatic imine (C=N–C) groups is 1. The quantitative estimate of drug-likeness (QED) is 0.410. The Kier molecular flexibility index (Phi) is 8.98. The Balaban J connectivity index is 3.92. The zero-order valence-corrected chi connectivity index (χ0v) is 11.6. The fraction of sp³-hybridized carbons (Fsp3) is 0.875. The predicted octanol–water partition coefficient (Wildman–Crippen LogP) is 3.03. The minimum Gasteiger partial charge on any atom is -0.330 e. The summed E-state index contributed by atoms with van der Waals surface area (Å²) in [7, 11) is 1.66. The van der Waals surface area contributed by atoms with Crippen molar-refractivity contribution in [3.05, 3.63) is 0 Å². The second-order valence-electron chi connectivity index (χ2n) is 2.68. The second-order valence-corrected chi connectivity index (χ2v) is 9.52. The van der Waals surface area contributed by atoms with E-state index in [0.29, 0.717) is 0 Å². The van der Waals surface area contributed by atoms with Crippen LogP contribution in [0.2, 0.25) is 0 Å². The minimum atomic E-state index is -1.91. The van der Waals surface area contributed by atoms with Crippen LogP contribution in [0.15, 0.2) is 4.99 Å². The van der Waals surface area contributed by atoms with Gasteiger partial charge in [0.1, 0.15) is 0 Å². The van der Waals surface area contributed by atoms with Gasteiger partial charge in [-0.2, -0.15) is 0 Å². The van der Waals surface area contributed by atoms with Crippen molar-refractivity contribution < 1.29 is 4.52 Å². The van der Waals surface area contributed by atoms with E-state index in [1.165, 1.54) is 0 Å². The van der Waals surface area contributed by atoms with E-state index < -0.39 is 5.62 Å². The zero-order chi connectivity index (χ0) is 10.9. The van der Waals surface area contributed by atoms with E-state index in [-0.39, 0.29) is 0 Å². The average molecular weight is 254 g/mol. The summed E-state index contributed by atoms with van der Waals surface area (Å²) in [5, 5.41) is 3.09. The van der Waals surface area contributed by atoms with Gasteiger partial charge in [0.2, 0.25) is 5.62 Å². The van der Waals surface area contributed by atoms with Gasteiger partial charge in [0.05, 0.1) is 6.34 Å². The van der Waals surface area contributed by atoms with E-state index in [4.69, 9.17) is 16.3 Å². The van der Waals surface area contributed by atoms with Gasteiger partial charge in [-0.05, 0) is 24.6 Å². The largest absolute Gasteiger partial charge is 0.330 e. The molecule has 1 N–H and O–H groups in total. The summed E-state index contributed by atoms with van der Waals surface area (Å²) in [4.78, 5) is 4.16. The lowest BCUT2D eigenvalue weighted by Gasteiger charge is -2.18. The van der Waals surface area contributed by atoms with Crippen molar-refractivity contribution in [3.8, 4) is 0 Å². The fourth-order valence-electron chi connectivity index (χ4n) is 0.659. The molecule has 0 bridgehead atoms. The van der Waals surface area contributed by atoms with Crippen LogP contribution in [0.25, 0.3) is 0 Å². The Morgan fingerprint density at radius 3 is 2.71 bits per heavy atom. The standard InChI is InChI=1S/C8H19N2OPS2/c1-4-6-9-8-10-12(13,11-3)14-7-5-2/h8H,4-7H2,1-3H3,(H,9,10,13). The van der Waals surface area contributed by atoms with Crippen molar-refractivity contribution in [2.75, 3.05) is 19.4 Å². The first kappa shape index (κ1) is 14.4. The first-order valence-corrected chi connectivity index (χ1v) is 9.06. The topological polar surface area (TPSA) is 33.6 Å². The number of nitrogens with zero attached hydrogens (tertiary/aromatic N) is 1. The molecule has 0 spiro atoms. The SMILES string of the molecule is CCCN=CNP(=S)(OC)SCCC. The van der Waals surface area contributed by atoms with Crippen molar-refractivity contribution in [2.24, 2.45) is 4.99 Å². The molecule has 0 radical (unpaired) electrons. The highest BCUT2D eigenvalue weighted by molar-refractivity contribution is 8.68. The summed E-state index contributed by atoms with van der Waals surface area (Å²) in [5.41, 5.74) is -1.91. The van der Waals surface area contributed by atoms with Crippen LogP contribution in [0.4, 0.5) is 0 Å². The Morgan fingerprint density at radius 2 is 2.21 bits per heavy atom. The van der Waals surface area contributed by atoms with Crippen LogP contribution in [0, 0.1) is 0 Å². The third-order valence-electron chi connectivity index (χ3n) is 1.37. The van der Waals surface area contributed by atoms with E-state index in [2.05, 4.69) is 23.9 Å². The molecular formula is C8H19N2OPS2. The van der Waals surface area contributed by atoms with Crippen molar-refractivity contribution in [1.82, 2.24) is 5.09 Å². The molecule has 0 rings (SSSR count). The normalized spacial score (nSPS) is 15.6. The van der Waals surface area contributed by atoms with Crippen LogP contribution < -0.4 is 5.09 Å². The monoisotopic (exact) mass is 254 g/mol. The van der Waals surface area contributed by atoms with Crippen LogP contribution in [0.1, 0.15) is 26.7 Å². The number of nitrogens with one attached hydrogen (secondary N) is 1. The molecule has 14 heavy (non-hydrogen) atoms. The highest BCUT2D eigenvalue weighted by atomic mass is 32.9. The first-order valence-electron chi connectivity index (χ1n) is 4.75. The van der Waals surface area contributed by atoms with E-state index >= 15 is 0 Å². The molecule has 0 fully saturated rings. The number of rotatable bonds is 8. The molecular weight excluding hydrogens is 235 g/mol. The lowest BCUT2D eigenvalue weighted by molar-refractivity contribution is 0.467. The van der Waals surface area contributed by atoms with Gasteiger partial charge in [-0.15, -0.1) is 0 Å². The summed E-state index contributed by atoms with van der Waals surface area (Å²) >= 11 is 7.05. The summed E-state index contributed by atoms with van der Waals surface area (Å²) in [6, 6.07) is 0. The zero-order valence-electron chi connectivity index (χ0n) is 9.02. The fourth-order valence-corrected chi connectivity index (χ4v) is 4.35. The smallest absolute Gasteiger partial charge is 0.210 e. The summed E-state index contributed by atoms with van der Waals surface area (Å²) in [6.45, 7) is 5.06. The maximum absolute atomic E-state index is 5.37. The van der Waals surface area contributed by atoms with Crippen LogP contribution in [0.3, 0.4) is 0 Å². The summed E-state index contributed by atoms with van der Waals surface area (Å²) in [6.07, 6.45) is 3.85. The highest BCUT2D eigenvalue weighted by Gasteiger charge is 2.13. The Bertz CT molecular complexity index is 212. The molecule has 0 saturated heterocycles. The van der Waals surface area contributed by atoms with Gasteiger partial charge in [-0.3, -0.25) is 4.99 Å². The molecule has 6 heteroatoms. The van der Waals surface area contributed by atoms with Crippen molar-refractivity contribution in [2.45, 2.75) is 26.7 Å². The van der Waals surface area contributed by atoms with Gasteiger partial charge in [-0.25, -0.2) is 0 Å². The molecule has 0 aromatic carbocycles. The third-order valence-corrected chi connectivity index (χ3v) is 7.25. The van der Waals surface area contributed by atoms with Crippen LogP contribution >= 0.6 is 17.0 Å². The summed E-state index contributed by atoms with van der Waals surface area (Å²) in [5.74, 6) is 1.03. The van der Waals surface area contributed by atoms with Crippen molar-refractivity contribution in [3.63, 3.8) is 0 Å². The molecule has 1 atom stereocenters. The molecule has 0 aliphatic rings. The number of hydrogen-bond donors (Lipinski definition) is 1. The lowest BCUT2D eigenvalue weighted by atomic mass is 10.5. The van der Waals surface area contributed by atoms with Gasteiger partial charge in [0.15, 0.2) is 0 Å². The molecule has 0 aromatic heterocycles. The maximum atomic E-state index is 5.37. The van der Waals surface area contributed by atoms with Gasteiger partial charge < -0.3 is 9.61 Å². The average Bonchev–Trinajstić information content (AvgIpc) is 2.22. The predicted molar refractivity (Wildman–Crippen MR) is 70.8 cm³/mol. The third kappa shape index (κ3) is 6.82. The molecule has 3 nitrogen and oxygen atoms in total. The van der Waals surface area contributed by atoms with Gasteiger partial charge in [0, 0.05) is 19.4 Å². The van der Waals surface area contributed by atoms with E-state index in [1.54, 1.807) is 24.8 Å². The van der Waals surface area contributed by atoms with Gasteiger partial charge in [-0.1, -0.05) is 25.2 Å². The molecule has 1 unspecified atom stereocenters. The Hall–Kier alpha value is 0.430. The molecule has 0 aliphatic heterocycles. The molecule has 0 amide bonds. The van der Waals surface area contributed by atoms with Crippen LogP contribution in [-0.2, 0) is 16.3 Å². The number of hydrogen-bond acceptors (Lipinski definition) is 4. The lowest BCUT2D eigenvalue weighted by Crippen LogP contribution is -2.07. The van der Waals surface area contributed by atoms with Crippen molar-refractivity contribution in [1.29, 1.82) is 0 Å². The molecule has 0 saturated carbocycles. The minimum absolute atomic E-state index is 0.838. The van der Waals surface area contributed by atoms with Crippen LogP contribution in [0.5, 0.6) is 0 Å². The first-order chi connectivity index (χ1) is 6.68. The second kappa shape index (κ2) is 8.72. The molecule has 0 aliphatic carbocycles.